The Kier molecular flexibility index (Phi) is 16.6. The highest BCUT2D eigenvalue weighted by Crippen LogP contribution is 2.28. The first-order chi connectivity index (χ1) is 28.3. The Bertz CT molecular complexity index is 1990. The number of ether oxygens (including phenoxy) is 5. The van der Waals surface area contributed by atoms with E-state index in [4.69, 9.17) is 23.7 Å². The minimum Gasteiger partial charge on any atom is -0.507 e. The van der Waals surface area contributed by atoms with Crippen molar-refractivity contribution >= 4 is 24.4 Å². The maximum absolute atomic E-state index is 13.3. The van der Waals surface area contributed by atoms with Crippen molar-refractivity contribution in [1.29, 1.82) is 0 Å². The van der Waals surface area contributed by atoms with Gasteiger partial charge in [0.05, 0.1) is 49.6 Å². The van der Waals surface area contributed by atoms with Crippen LogP contribution in [0.1, 0.15) is 59.0 Å². The van der Waals surface area contributed by atoms with Gasteiger partial charge in [0.15, 0.2) is 12.6 Å². The molecule has 6 rings (SSSR count). The van der Waals surface area contributed by atoms with Crippen LogP contribution in [0.15, 0.2) is 84.9 Å². The largest absolute Gasteiger partial charge is 0.507 e. The molecule has 3 N–H and O–H groups in total. The molecule has 2 atom stereocenters. The third-order valence-electron chi connectivity index (χ3n) is 9.83. The van der Waals surface area contributed by atoms with Gasteiger partial charge in [0.1, 0.15) is 36.2 Å². The summed E-state index contributed by atoms with van der Waals surface area (Å²) in [6.07, 6.45) is 3.09. The number of hydrogen-bond acceptors (Lipinski definition) is 12. The smallest absolute Gasteiger partial charge is 0.254 e. The molecule has 0 aromatic heterocycles. The van der Waals surface area contributed by atoms with Gasteiger partial charge in [-0.05, 0) is 66.8 Å². The SMILES string of the molecule is COCCCc1ccccc1C(=O)N1CCOC[C@H]1COc1cccc(O)c1C=O.O=Cc1c(O)cccc1OC[C@@H]1COCCN1C(=O)c1ccccc1CCO. The third kappa shape index (κ3) is 11.2. The summed E-state index contributed by atoms with van der Waals surface area (Å²) in [6, 6.07) is 23.4. The summed E-state index contributed by atoms with van der Waals surface area (Å²) in [4.78, 5) is 52.4. The lowest BCUT2D eigenvalue weighted by Crippen LogP contribution is -2.51. The van der Waals surface area contributed by atoms with Crippen LogP contribution in [0.5, 0.6) is 23.0 Å². The summed E-state index contributed by atoms with van der Waals surface area (Å²) in [5.41, 5.74) is 3.17. The Labute approximate surface area is 337 Å². The lowest BCUT2D eigenvalue weighted by molar-refractivity contribution is -0.0152. The van der Waals surface area contributed by atoms with Gasteiger partial charge in [-0.3, -0.25) is 19.2 Å². The second kappa shape index (κ2) is 22.2. The number of nitrogens with zero attached hydrogens (tertiary/aromatic N) is 2. The Hall–Kier alpha value is -5.80. The van der Waals surface area contributed by atoms with E-state index in [0.29, 0.717) is 76.2 Å². The van der Waals surface area contributed by atoms with Gasteiger partial charge < -0.3 is 48.8 Å². The molecule has 2 heterocycles. The van der Waals surface area contributed by atoms with Crippen molar-refractivity contribution in [3.63, 3.8) is 0 Å². The minimum atomic E-state index is -0.342. The highest BCUT2D eigenvalue weighted by Gasteiger charge is 2.31. The molecule has 0 radical (unpaired) electrons. The van der Waals surface area contributed by atoms with Crippen molar-refractivity contribution in [2.75, 3.05) is 73.1 Å². The standard InChI is InChI=1S/C23H27NO6.C21H23NO6/c1-28-12-5-7-17-6-2-3-8-19(17)23(27)24-11-13-29-15-18(24)16-30-22-10-4-9-21(26)20(22)14-25;23-10-8-15-4-1-2-5-17(15)21(26)22-9-11-27-13-16(22)14-28-20-7-3-6-19(25)18(20)12-24/h2-4,6,8-10,14,18,26H,5,7,11-13,15-16H2,1H3;1-7,12,16,23,25H,8-11,13-14H2/t18-;16-/m00/s1. The number of aromatic hydroxyl groups is 2. The van der Waals surface area contributed by atoms with E-state index >= 15 is 0 Å². The van der Waals surface area contributed by atoms with Gasteiger partial charge in [0.2, 0.25) is 0 Å². The zero-order chi connectivity index (χ0) is 41.3. The van der Waals surface area contributed by atoms with E-state index in [2.05, 4.69) is 0 Å². The number of aryl methyl sites for hydroxylation is 1. The van der Waals surface area contributed by atoms with Crippen molar-refractivity contribution in [2.45, 2.75) is 31.3 Å². The Morgan fingerprint density at radius 2 is 1.16 bits per heavy atom. The fourth-order valence-electron chi connectivity index (χ4n) is 6.78. The number of phenols is 2. The first-order valence-corrected chi connectivity index (χ1v) is 19.1. The molecule has 0 unspecified atom stereocenters. The van der Waals surface area contributed by atoms with Gasteiger partial charge in [-0.1, -0.05) is 48.5 Å². The van der Waals surface area contributed by atoms with E-state index in [1.807, 2.05) is 36.4 Å². The summed E-state index contributed by atoms with van der Waals surface area (Å²) in [7, 11) is 1.66. The fourth-order valence-corrected chi connectivity index (χ4v) is 6.78. The van der Waals surface area contributed by atoms with Crippen LogP contribution in [0, 0.1) is 0 Å². The summed E-state index contributed by atoms with van der Waals surface area (Å²) in [5.74, 6) is 0.0362. The number of rotatable bonds is 16. The van der Waals surface area contributed by atoms with Crippen LogP contribution in [0.4, 0.5) is 0 Å². The quantitative estimate of drug-likeness (QED) is 0.108. The van der Waals surface area contributed by atoms with E-state index in [1.54, 1.807) is 53.3 Å². The maximum atomic E-state index is 13.3. The third-order valence-corrected chi connectivity index (χ3v) is 9.83. The molecule has 0 bridgehead atoms. The van der Waals surface area contributed by atoms with E-state index in [1.165, 1.54) is 12.1 Å². The van der Waals surface area contributed by atoms with Gasteiger partial charge in [-0.2, -0.15) is 0 Å². The monoisotopic (exact) mass is 798 g/mol. The lowest BCUT2D eigenvalue weighted by atomic mass is 10.0. The van der Waals surface area contributed by atoms with Crippen molar-refractivity contribution in [2.24, 2.45) is 0 Å². The molecule has 2 saturated heterocycles. The van der Waals surface area contributed by atoms with Gasteiger partial charge in [0, 0.05) is 44.5 Å². The lowest BCUT2D eigenvalue weighted by Gasteiger charge is -2.36. The van der Waals surface area contributed by atoms with E-state index < -0.39 is 0 Å². The van der Waals surface area contributed by atoms with Crippen LogP contribution in [0.3, 0.4) is 0 Å². The zero-order valence-corrected chi connectivity index (χ0v) is 32.5. The molecule has 308 valence electrons. The van der Waals surface area contributed by atoms with E-state index in [-0.39, 0.29) is 77.8 Å². The van der Waals surface area contributed by atoms with E-state index in [9.17, 15) is 34.5 Å². The second-order valence-electron chi connectivity index (χ2n) is 13.6. The number of morpholine rings is 2. The number of aliphatic hydroxyl groups is 1. The van der Waals surface area contributed by atoms with Crippen LogP contribution >= 0.6 is 0 Å². The van der Waals surface area contributed by atoms with Gasteiger partial charge >= 0.3 is 0 Å². The molecule has 14 nitrogen and oxygen atoms in total. The predicted molar refractivity (Wildman–Crippen MR) is 213 cm³/mol. The summed E-state index contributed by atoms with van der Waals surface area (Å²) < 4.78 is 27.7. The van der Waals surface area contributed by atoms with Gasteiger partial charge in [-0.15, -0.1) is 0 Å². The first-order valence-electron chi connectivity index (χ1n) is 19.1. The summed E-state index contributed by atoms with van der Waals surface area (Å²) in [5, 5.41) is 28.9. The van der Waals surface area contributed by atoms with Crippen LogP contribution in [-0.2, 0) is 27.1 Å². The second-order valence-corrected chi connectivity index (χ2v) is 13.6. The number of aliphatic hydroxyl groups excluding tert-OH is 1. The van der Waals surface area contributed by atoms with E-state index in [0.717, 1.165) is 24.0 Å². The average molecular weight is 799 g/mol. The molecule has 0 spiro atoms. The summed E-state index contributed by atoms with van der Waals surface area (Å²) in [6.45, 7) is 3.29. The Balaban J connectivity index is 0.000000221. The topological polar surface area (TPSA) is 182 Å². The van der Waals surface area contributed by atoms with Crippen LogP contribution in [0.2, 0.25) is 0 Å². The highest BCUT2D eigenvalue weighted by molar-refractivity contribution is 5.96. The molecule has 4 aromatic rings. The van der Waals surface area contributed by atoms with Crippen LogP contribution in [0.25, 0.3) is 0 Å². The maximum Gasteiger partial charge on any atom is 0.254 e. The Morgan fingerprint density at radius 1 is 0.690 bits per heavy atom. The van der Waals surface area contributed by atoms with Crippen molar-refractivity contribution in [1.82, 2.24) is 9.80 Å². The normalized spacial score (nSPS) is 16.4. The number of aldehydes is 2. The van der Waals surface area contributed by atoms with Crippen molar-refractivity contribution < 1.29 is 58.2 Å². The number of carbonyl (C=O) groups excluding carboxylic acids is 4. The van der Waals surface area contributed by atoms with Crippen LogP contribution < -0.4 is 9.47 Å². The molecule has 2 fully saturated rings. The molecule has 4 aromatic carbocycles. The minimum absolute atomic E-state index is 0.0358. The van der Waals surface area contributed by atoms with Crippen LogP contribution in [-0.4, -0.2) is 135 Å². The average Bonchev–Trinajstić information content (AvgIpc) is 3.25. The van der Waals surface area contributed by atoms with Gasteiger partial charge in [-0.25, -0.2) is 0 Å². The molecule has 2 aliphatic heterocycles. The molecule has 0 aliphatic carbocycles. The molecule has 2 amide bonds. The van der Waals surface area contributed by atoms with Crippen molar-refractivity contribution in [3.05, 3.63) is 118 Å². The fraction of sp³-hybridized carbons (Fsp3) is 0.364. The Morgan fingerprint density at radius 3 is 1.60 bits per heavy atom. The molecule has 14 heteroatoms. The number of benzene rings is 4. The van der Waals surface area contributed by atoms with Crippen molar-refractivity contribution in [3.8, 4) is 23.0 Å². The molecular formula is C44H50N2O12. The predicted octanol–water partition coefficient (Wildman–Crippen LogP) is 4.36. The summed E-state index contributed by atoms with van der Waals surface area (Å²) >= 11 is 0. The molecule has 0 saturated carbocycles. The molecule has 2 aliphatic rings. The zero-order valence-electron chi connectivity index (χ0n) is 32.5. The highest BCUT2D eigenvalue weighted by atomic mass is 16.5. The number of carbonyl (C=O) groups is 4. The van der Waals surface area contributed by atoms with Gasteiger partial charge in [0.25, 0.3) is 11.8 Å². The number of amides is 2. The first kappa shape index (κ1) is 43.3. The number of hydrogen-bond donors (Lipinski definition) is 3. The molecule has 58 heavy (non-hydrogen) atoms. The number of methoxy groups -OCH3 is 1. The molecular weight excluding hydrogens is 748 g/mol. The number of phenolic OH excluding ortho intramolecular Hbond substituents is 2.